The largest absolute Gasteiger partial charge is 0.382 e. The summed E-state index contributed by atoms with van der Waals surface area (Å²) in [5.41, 5.74) is 0.524. The number of halogens is 2. The quantitative estimate of drug-likeness (QED) is 0.653. The van der Waals surface area contributed by atoms with Crippen molar-refractivity contribution in [3.05, 3.63) is 63.7 Å². The van der Waals surface area contributed by atoms with Crippen LogP contribution in [0, 0.1) is 21.7 Å². The number of nitro benzene ring substituents is 1. The molecule has 2 aromatic carbocycles. The third-order valence-electron chi connectivity index (χ3n) is 2.96. The molecule has 0 amide bonds. The lowest BCUT2D eigenvalue weighted by Crippen LogP contribution is -2.06. The molecule has 2 N–H and O–H groups in total. The van der Waals surface area contributed by atoms with Crippen LogP contribution in [0.2, 0.25) is 0 Å². The van der Waals surface area contributed by atoms with Crippen LogP contribution in [-0.4, -0.2) is 12.0 Å². The number of benzene rings is 2. The van der Waals surface area contributed by atoms with E-state index in [2.05, 4.69) is 10.6 Å². The van der Waals surface area contributed by atoms with Crippen molar-refractivity contribution in [3.63, 3.8) is 0 Å². The van der Waals surface area contributed by atoms with E-state index < -0.39 is 16.6 Å². The molecule has 5 nitrogen and oxygen atoms in total. The fourth-order valence-corrected chi connectivity index (χ4v) is 1.95. The van der Waals surface area contributed by atoms with Crippen LogP contribution in [0.1, 0.15) is 5.56 Å². The highest BCUT2D eigenvalue weighted by Gasteiger charge is 2.18. The number of nitro groups is 1. The van der Waals surface area contributed by atoms with Crippen LogP contribution in [0.15, 0.2) is 36.4 Å². The zero-order valence-electron chi connectivity index (χ0n) is 11.2. The zero-order chi connectivity index (χ0) is 15.4. The summed E-state index contributed by atoms with van der Waals surface area (Å²) in [5.74, 6) is -1.14. The molecule has 21 heavy (non-hydrogen) atoms. The third-order valence-corrected chi connectivity index (χ3v) is 2.96. The van der Waals surface area contributed by atoms with Gasteiger partial charge in [-0.25, -0.2) is 8.78 Å². The molecule has 110 valence electrons. The summed E-state index contributed by atoms with van der Waals surface area (Å²) in [6, 6.07) is 7.79. The summed E-state index contributed by atoms with van der Waals surface area (Å²) in [6.07, 6.45) is 0. The van der Waals surface area contributed by atoms with Gasteiger partial charge in [-0.1, -0.05) is 6.07 Å². The molecule has 0 aliphatic carbocycles. The Hall–Kier alpha value is -2.70. The summed E-state index contributed by atoms with van der Waals surface area (Å²) in [4.78, 5) is 10.6. The van der Waals surface area contributed by atoms with Crippen molar-refractivity contribution < 1.29 is 13.7 Å². The molecule has 0 aliphatic rings. The predicted octanol–water partition coefficient (Wildman–Crippen LogP) is 3.53. The Kier molecular flexibility index (Phi) is 4.32. The Bertz CT molecular complexity index is 677. The molecule has 0 saturated carbocycles. The van der Waals surface area contributed by atoms with Crippen molar-refractivity contribution in [1.82, 2.24) is 0 Å². The fourth-order valence-electron chi connectivity index (χ4n) is 1.95. The molecule has 7 heteroatoms. The van der Waals surface area contributed by atoms with Crippen LogP contribution in [0.25, 0.3) is 0 Å². The summed E-state index contributed by atoms with van der Waals surface area (Å²) in [6.45, 7) is -0.0579. The van der Waals surface area contributed by atoms with Crippen LogP contribution in [0.3, 0.4) is 0 Å². The summed E-state index contributed by atoms with van der Waals surface area (Å²) in [5, 5.41) is 16.6. The first kappa shape index (κ1) is 14.7. The highest BCUT2D eigenvalue weighted by atomic mass is 19.1. The molecule has 0 spiro atoms. The molecule has 0 unspecified atom stereocenters. The Morgan fingerprint density at radius 1 is 1.19 bits per heavy atom. The number of hydrogen-bond acceptors (Lipinski definition) is 4. The second-order valence-corrected chi connectivity index (χ2v) is 4.30. The minimum absolute atomic E-state index is 0.0579. The van der Waals surface area contributed by atoms with E-state index >= 15 is 0 Å². The van der Waals surface area contributed by atoms with Crippen molar-refractivity contribution in [3.8, 4) is 0 Å². The van der Waals surface area contributed by atoms with Gasteiger partial charge in [0.2, 0.25) is 0 Å². The second-order valence-electron chi connectivity index (χ2n) is 4.30. The van der Waals surface area contributed by atoms with Crippen molar-refractivity contribution in [2.75, 3.05) is 17.7 Å². The maximum absolute atomic E-state index is 13.5. The third kappa shape index (κ3) is 3.25. The number of nitrogens with one attached hydrogen (secondary N) is 2. The maximum atomic E-state index is 13.5. The lowest BCUT2D eigenvalue weighted by molar-refractivity contribution is -0.383. The average Bonchev–Trinajstić information content (AvgIpc) is 2.47. The first-order valence-electron chi connectivity index (χ1n) is 6.16. The van der Waals surface area contributed by atoms with Crippen LogP contribution >= 0.6 is 0 Å². The Labute approximate surface area is 119 Å². The van der Waals surface area contributed by atoms with Crippen LogP contribution in [-0.2, 0) is 6.54 Å². The Morgan fingerprint density at radius 3 is 2.57 bits per heavy atom. The van der Waals surface area contributed by atoms with Gasteiger partial charge in [0.05, 0.1) is 4.92 Å². The minimum atomic E-state index is -0.573. The van der Waals surface area contributed by atoms with E-state index in [1.807, 2.05) is 0 Å². The van der Waals surface area contributed by atoms with Crippen molar-refractivity contribution >= 4 is 17.1 Å². The SMILES string of the molecule is CNc1cccc(NCc2cc(F)ccc2F)c1[N+](=O)[O-]. The number of rotatable bonds is 5. The molecular weight excluding hydrogens is 280 g/mol. The molecule has 0 atom stereocenters. The molecular formula is C14H13F2N3O2. The van der Waals surface area contributed by atoms with E-state index in [1.165, 1.54) is 6.07 Å². The van der Waals surface area contributed by atoms with E-state index in [1.54, 1.807) is 19.2 Å². The number of nitrogens with zero attached hydrogens (tertiary/aromatic N) is 1. The van der Waals surface area contributed by atoms with E-state index in [0.717, 1.165) is 18.2 Å². The Morgan fingerprint density at radius 2 is 1.90 bits per heavy atom. The molecule has 0 saturated heterocycles. The minimum Gasteiger partial charge on any atom is -0.382 e. The normalized spacial score (nSPS) is 10.2. The summed E-state index contributed by atoms with van der Waals surface area (Å²) >= 11 is 0. The van der Waals surface area contributed by atoms with Crippen molar-refractivity contribution in [2.45, 2.75) is 6.54 Å². The van der Waals surface area contributed by atoms with Crippen molar-refractivity contribution in [1.29, 1.82) is 0 Å². The van der Waals surface area contributed by atoms with Gasteiger partial charge < -0.3 is 10.6 Å². The summed E-state index contributed by atoms with van der Waals surface area (Å²) in [7, 11) is 1.57. The summed E-state index contributed by atoms with van der Waals surface area (Å²) < 4.78 is 26.6. The van der Waals surface area contributed by atoms with Crippen LogP contribution in [0.5, 0.6) is 0 Å². The number of hydrogen-bond donors (Lipinski definition) is 2. The smallest absolute Gasteiger partial charge is 0.315 e. The topological polar surface area (TPSA) is 67.2 Å². The number of anilines is 2. The van der Waals surface area contributed by atoms with Gasteiger partial charge in [0, 0.05) is 19.2 Å². The molecule has 0 fully saturated rings. The van der Waals surface area contributed by atoms with Gasteiger partial charge >= 0.3 is 5.69 Å². The van der Waals surface area contributed by atoms with Crippen molar-refractivity contribution in [2.24, 2.45) is 0 Å². The number of para-hydroxylation sites is 1. The predicted molar refractivity (Wildman–Crippen MR) is 76.3 cm³/mol. The molecule has 0 bridgehead atoms. The van der Waals surface area contributed by atoms with Gasteiger partial charge in [0.15, 0.2) is 0 Å². The van der Waals surface area contributed by atoms with E-state index in [9.17, 15) is 18.9 Å². The second kappa shape index (κ2) is 6.17. The lowest BCUT2D eigenvalue weighted by Gasteiger charge is -2.10. The van der Waals surface area contributed by atoms with Gasteiger partial charge in [-0.05, 0) is 30.3 Å². The zero-order valence-corrected chi connectivity index (χ0v) is 11.2. The van der Waals surface area contributed by atoms with Crippen LogP contribution < -0.4 is 10.6 Å². The highest BCUT2D eigenvalue weighted by Crippen LogP contribution is 2.32. The van der Waals surface area contributed by atoms with Gasteiger partial charge in [-0.3, -0.25) is 10.1 Å². The lowest BCUT2D eigenvalue weighted by atomic mass is 10.2. The molecule has 0 aromatic heterocycles. The van der Waals surface area contributed by atoms with E-state index in [4.69, 9.17) is 0 Å². The van der Waals surface area contributed by atoms with Gasteiger partial charge in [-0.15, -0.1) is 0 Å². The van der Waals surface area contributed by atoms with Gasteiger partial charge in [-0.2, -0.15) is 0 Å². The average molecular weight is 293 g/mol. The molecule has 2 aromatic rings. The molecule has 0 heterocycles. The van der Waals surface area contributed by atoms with Gasteiger partial charge in [0.1, 0.15) is 23.0 Å². The molecule has 0 aliphatic heterocycles. The standard InChI is InChI=1S/C14H13F2N3O2/c1-17-12-3-2-4-13(14(12)19(20)21)18-8-9-7-10(15)5-6-11(9)16/h2-7,17-18H,8H2,1H3. The molecule has 0 radical (unpaired) electrons. The van der Waals surface area contributed by atoms with E-state index in [0.29, 0.717) is 5.69 Å². The fraction of sp³-hybridized carbons (Fsp3) is 0.143. The Balaban J connectivity index is 2.28. The first-order chi connectivity index (χ1) is 10.0. The highest BCUT2D eigenvalue weighted by molar-refractivity contribution is 5.76. The monoisotopic (exact) mass is 293 g/mol. The first-order valence-corrected chi connectivity index (χ1v) is 6.16. The van der Waals surface area contributed by atoms with Crippen LogP contribution in [0.4, 0.5) is 25.8 Å². The maximum Gasteiger partial charge on any atom is 0.315 e. The molecule has 2 rings (SSSR count). The van der Waals surface area contributed by atoms with E-state index in [-0.39, 0.29) is 23.5 Å². The van der Waals surface area contributed by atoms with Gasteiger partial charge in [0.25, 0.3) is 0 Å².